The van der Waals surface area contributed by atoms with Gasteiger partial charge in [-0.05, 0) is 49.7 Å². The maximum Gasteiger partial charge on any atom is 0.308 e. The number of hydrogen-bond acceptors (Lipinski definition) is 2. The van der Waals surface area contributed by atoms with Crippen LogP contribution >= 0.6 is 0 Å². The highest BCUT2D eigenvalue weighted by Gasteiger charge is 2.22. The van der Waals surface area contributed by atoms with Gasteiger partial charge in [0, 0.05) is 0 Å². The molecule has 0 bridgehead atoms. The summed E-state index contributed by atoms with van der Waals surface area (Å²) in [6.07, 6.45) is 8.83. The van der Waals surface area contributed by atoms with Crippen molar-refractivity contribution in [2.75, 3.05) is 6.61 Å². The van der Waals surface area contributed by atoms with E-state index < -0.39 is 0 Å². The summed E-state index contributed by atoms with van der Waals surface area (Å²) in [6, 6.07) is 8.99. The molecule has 1 aromatic rings. The van der Waals surface area contributed by atoms with Crippen LogP contribution in [0.5, 0.6) is 0 Å². The molecule has 0 aliphatic carbocycles. The van der Waals surface area contributed by atoms with Gasteiger partial charge >= 0.3 is 5.97 Å². The number of rotatable bonds is 7. The molecule has 0 spiro atoms. The van der Waals surface area contributed by atoms with E-state index in [1.807, 2.05) is 0 Å². The first-order valence-corrected chi connectivity index (χ1v) is 8.04. The smallest absolute Gasteiger partial charge is 0.308 e. The van der Waals surface area contributed by atoms with Crippen molar-refractivity contribution in [3.63, 3.8) is 0 Å². The molecule has 1 saturated heterocycles. The third-order valence-corrected chi connectivity index (χ3v) is 4.10. The first kappa shape index (κ1) is 15.1. The largest absolute Gasteiger partial charge is 0.465 e. The molecule has 110 valence electrons. The van der Waals surface area contributed by atoms with Crippen molar-refractivity contribution in [3.05, 3.63) is 35.4 Å². The van der Waals surface area contributed by atoms with Crippen LogP contribution in [-0.4, -0.2) is 12.6 Å². The third-order valence-electron chi connectivity index (χ3n) is 4.10. The molecular formula is C18H26O2. The highest BCUT2D eigenvalue weighted by atomic mass is 16.5. The predicted octanol–water partition coefficient (Wildman–Crippen LogP) is 4.31. The van der Waals surface area contributed by atoms with Crippen LogP contribution in [0.15, 0.2) is 24.3 Å². The van der Waals surface area contributed by atoms with Gasteiger partial charge in [0.15, 0.2) is 0 Å². The topological polar surface area (TPSA) is 26.3 Å². The number of benzene rings is 1. The molecule has 2 rings (SSSR count). The second kappa shape index (κ2) is 8.08. The SMILES string of the molecule is CCCc1ccc(CCCCC2CCCOC2=O)cc1. The normalized spacial score (nSPS) is 18.9. The van der Waals surface area contributed by atoms with Crippen molar-refractivity contribution in [3.8, 4) is 0 Å². The fraction of sp³-hybridized carbons (Fsp3) is 0.611. The lowest BCUT2D eigenvalue weighted by molar-refractivity contribution is -0.153. The average Bonchev–Trinajstić information content (AvgIpc) is 2.47. The highest BCUT2D eigenvalue weighted by molar-refractivity contribution is 5.72. The fourth-order valence-corrected chi connectivity index (χ4v) is 2.88. The van der Waals surface area contributed by atoms with Gasteiger partial charge in [0.1, 0.15) is 0 Å². The summed E-state index contributed by atoms with van der Waals surface area (Å²) in [6.45, 7) is 2.84. The standard InChI is InChI=1S/C18H26O2/c1-2-6-15-10-12-16(13-11-15)7-3-4-8-17-9-5-14-20-18(17)19/h10-13,17H,2-9,14H2,1H3. The summed E-state index contributed by atoms with van der Waals surface area (Å²) in [5, 5.41) is 0. The molecule has 20 heavy (non-hydrogen) atoms. The van der Waals surface area contributed by atoms with Crippen LogP contribution in [0.4, 0.5) is 0 Å². The minimum absolute atomic E-state index is 0.0279. The van der Waals surface area contributed by atoms with Gasteiger partial charge in [0.25, 0.3) is 0 Å². The second-order valence-corrected chi connectivity index (χ2v) is 5.82. The molecule has 0 N–H and O–H groups in total. The number of hydrogen-bond donors (Lipinski definition) is 0. The van der Waals surface area contributed by atoms with Crippen molar-refractivity contribution in [2.24, 2.45) is 5.92 Å². The van der Waals surface area contributed by atoms with Gasteiger partial charge in [0.2, 0.25) is 0 Å². The molecule has 1 atom stereocenters. The molecular weight excluding hydrogens is 248 g/mol. The Bertz CT molecular complexity index is 408. The first-order chi connectivity index (χ1) is 9.79. The Labute approximate surface area is 122 Å². The monoisotopic (exact) mass is 274 g/mol. The van der Waals surface area contributed by atoms with Gasteiger partial charge in [-0.3, -0.25) is 4.79 Å². The van der Waals surface area contributed by atoms with Gasteiger partial charge in [-0.1, -0.05) is 44.0 Å². The molecule has 0 radical (unpaired) electrons. The zero-order valence-corrected chi connectivity index (χ0v) is 12.6. The first-order valence-electron chi connectivity index (χ1n) is 8.04. The Hall–Kier alpha value is -1.31. The fourth-order valence-electron chi connectivity index (χ4n) is 2.88. The van der Waals surface area contributed by atoms with E-state index in [1.54, 1.807) is 0 Å². The van der Waals surface area contributed by atoms with Gasteiger partial charge in [-0.25, -0.2) is 0 Å². The molecule has 1 unspecified atom stereocenters. The third kappa shape index (κ3) is 4.66. The van der Waals surface area contributed by atoms with E-state index in [2.05, 4.69) is 31.2 Å². The molecule has 1 fully saturated rings. The Kier molecular flexibility index (Phi) is 6.10. The zero-order chi connectivity index (χ0) is 14.2. The van der Waals surface area contributed by atoms with Crippen LogP contribution < -0.4 is 0 Å². The van der Waals surface area contributed by atoms with Crippen molar-refractivity contribution in [1.29, 1.82) is 0 Å². The van der Waals surface area contributed by atoms with E-state index in [1.165, 1.54) is 24.0 Å². The Morgan fingerprint density at radius 3 is 2.45 bits per heavy atom. The summed E-state index contributed by atoms with van der Waals surface area (Å²) in [5.74, 6) is 0.191. The van der Waals surface area contributed by atoms with E-state index in [-0.39, 0.29) is 11.9 Å². The molecule has 0 aromatic heterocycles. The lowest BCUT2D eigenvalue weighted by atomic mass is 9.94. The molecule has 1 heterocycles. The Balaban J connectivity index is 1.66. The maximum atomic E-state index is 11.5. The molecule has 1 aliphatic heterocycles. The van der Waals surface area contributed by atoms with Crippen LogP contribution in [0.2, 0.25) is 0 Å². The quantitative estimate of drug-likeness (QED) is 0.547. The van der Waals surface area contributed by atoms with E-state index in [0.717, 1.165) is 38.5 Å². The van der Waals surface area contributed by atoms with Crippen molar-refractivity contribution in [2.45, 2.75) is 58.3 Å². The number of carbonyl (C=O) groups excluding carboxylic acids is 1. The van der Waals surface area contributed by atoms with Gasteiger partial charge in [-0.2, -0.15) is 0 Å². The lowest BCUT2D eigenvalue weighted by Gasteiger charge is -2.20. The van der Waals surface area contributed by atoms with Crippen LogP contribution in [0, 0.1) is 5.92 Å². The summed E-state index contributed by atoms with van der Waals surface area (Å²) in [5.41, 5.74) is 2.84. The number of cyclic esters (lactones) is 1. The zero-order valence-electron chi connectivity index (χ0n) is 12.6. The molecule has 2 heteroatoms. The second-order valence-electron chi connectivity index (χ2n) is 5.82. The van der Waals surface area contributed by atoms with Crippen molar-refractivity contribution < 1.29 is 9.53 Å². The van der Waals surface area contributed by atoms with Gasteiger partial charge < -0.3 is 4.74 Å². The van der Waals surface area contributed by atoms with Crippen LogP contribution in [0.3, 0.4) is 0 Å². The Morgan fingerprint density at radius 1 is 1.10 bits per heavy atom. The average molecular weight is 274 g/mol. The van der Waals surface area contributed by atoms with Gasteiger partial charge in [0.05, 0.1) is 12.5 Å². The lowest BCUT2D eigenvalue weighted by Crippen LogP contribution is -2.23. The van der Waals surface area contributed by atoms with Crippen molar-refractivity contribution in [1.82, 2.24) is 0 Å². The summed E-state index contributed by atoms with van der Waals surface area (Å²) in [4.78, 5) is 11.5. The number of esters is 1. The summed E-state index contributed by atoms with van der Waals surface area (Å²) in [7, 11) is 0. The molecule has 0 amide bonds. The molecule has 0 saturated carbocycles. The van der Waals surface area contributed by atoms with E-state index in [0.29, 0.717) is 6.61 Å². The number of unbranched alkanes of at least 4 members (excludes halogenated alkanes) is 1. The number of ether oxygens (including phenoxy) is 1. The van der Waals surface area contributed by atoms with Gasteiger partial charge in [-0.15, -0.1) is 0 Å². The molecule has 1 aliphatic rings. The Morgan fingerprint density at radius 2 is 1.80 bits per heavy atom. The number of carbonyl (C=O) groups is 1. The van der Waals surface area contributed by atoms with Crippen molar-refractivity contribution >= 4 is 5.97 Å². The minimum Gasteiger partial charge on any atom is -0.465 e. The molecule has 1 aromatic carbocycles. The number of aryl methyl sites for hydroxylation is 2. The molecule has 2 nitrogen and oxygen atoms in total. The maximum absolute atomic E-state index is 11.5. The van der Waals surface area contributed by atoms with Crippen LogP contribution in [-0.2, 0) is 22.4 Å². The van der Waals surface area contributed by atoms with Crippen LogP contribution in [0.25, 0.3) is 0 Å². The van der Waals surface area contributed by atoms with E-state index >= 15 is 0 Å². The van der Waals surface area contributed by atoms with Crippen LogP contribution in [0.1, 0.15) is 56.6 Å². The van der Waals surface area contributed by atoms with E-state index in [9.17, 15) is 4.79 Å². The van der Waals surface area contributed by atoms with E-state index in [4.69, 9.17) is 4.74 Å². The summed E-state index contributed by atoms with van der Waals surface area (Å²) >= 11 is 0. The predicted molar refractivity (Wildman–Crippen MR) is 81.7 cm³/mol. The summed E-state index contributed by atoms with van der Waals surface area (Å²) < 4.78 is 5.10. The highest BCUT2D eigenvalue weighted by Crippen LogP contribution is 2.21. The minimum atomic E-state index is 0.0279.